The molecule has 4 aliphatic carbocycles. The molecule has 5 unspecified atom stereocenters. The molecule has 3 fully saturated rings. The summed E-state index contributed by atoms with van der Waals surface area (Å²) in [6, 6.07) is 0. The van der Waals surface area contributed by atoms with Crippen LogP contribution in [0, 0.1) is 23.7 Å². The third kappa shape index (κ3) is 1.81. The number of ether oxygens (including phenoxy) is 2. The maximum atomic E-state index is 11.2. The Kier molecular flexibility index (Phi) is 3.02. The van der Waals surface area contributed by atoms with E-state index >= 15 is 0 Å². The molecule has 0 heterocycles. The normalized spacial score (nSPS) is 39.3. The Labute approximate surface area is 108 Å². The standard InChI is InChI=1S/C15H20O3/c1-9(2)15(16)18-7-6-17-14-12-8-13(14)11-5-3-4-10(11)12/h3-4,10-14H,1,5-8H2,2H3. The minimum absolute atomic E-state index is 0.324. The Morgan fingerprint density at radius 3 is 2.89 bits per heavy atom. The number of rotatable bonds is 5. The molecule has 0 spiro atoms. The Morgan fingerprint density at radius 1 is 1.33 bits per heavy atom. The Bertz CT molecular complexity index is 399. The van der Waals surface area contributed by atoms with Gasteiger partial charge in [0, 0.05) is 5.57 Å². The smallest absolute Gasteiger partial charge is 0.333 e. The Morgan fingerprint density at radius 2 is 2.17 bits per heavy atom. The minimum Gasteiger partial charge on any atom is -0.460 e. The van der Waals surface area contributed by atoms with Crippen molar-refractivity contribution in [1.82, 2.24) is 0 Å². The molecule has 5 atom stereocenters. The van der Waals surface area contributed by atoms with Crippen molar-refractivity contribution in [3.05, 3.63) is 24.3 Å². The van der Waals surface area contributed by atoms with Gasteiger partial charge >= 0.3 is 5.97 Å². The van der Waals surface area contributed by atoms with Gasteiger partial charge in [0.1, 0.15) is 6.61 Å². The van der Waals surface area contributed by atoms with Crippen LogP contribution in [0.25, 0.3) is 0 Å². The zero-order valence-electron chi connectivity index (χ0n) is 10.8. The molecule has 3 heteroatoms. The van der Waals surface area contributed by atoms with Crippen molar-refractivity contribution in [2.24, 2.45) is 23.7 Å². The maximum absolute atomic E-state index is 11.2. The van der Waals surface area contributed by atoms with Gasteiger partial charge in [0.2, 0.25) is 0 Å². The van der Waals surface area contributed by atoms with Gasteiger partial charge in [-0.3, -0.25) is 0 Å². The molecule has 4 rings (SSSR count). The van der Waals surface area contributed by atoms with Crippen LogP contribution < -0.4 is 0 Å². The second kappa shape index (κ2) is 4.54. The average molecular weight is 248 g/mol. The summed E-state index contributed by atoms with van der Waals surface area (Å²) in [5.41, 5.74) is 0.443. The second-order valence-electron chi connectivity index (χ2n) is 5.72. The van der Waals surface area contributed by atoms with E-state index in [1.54, 1.807) is 6.92 Å². The summed E-state index contributed by atoms with van der Waals surface area (Å²) < 4.78 is 10.9. The van der Waals surface area contributed by atoms with Crippen LogP contribution in [-0.4, -0.2) is 25.3 Å². The topological polar surface area (TPSA) is 35.5 Å². The van der Waals surface area contributed by atoms with E-state index in [-0.39, 0.29) is 5.97 Å². The number of hydrogen-bond acceptors (Lipinski definition) is 3. The highest BCUT2D eigenvalue weighted by atomic mass is 16.6. The lowest BCUT2D eigenvalue weighted by Crippen LogP contribution is -2.39. The van der Waals surface area contributed by atoms with Crippen molar-refractivity contribution < 1.29 is 14.3 Å². The van der Waals surface area contributed by atoms with Crippen LogP contribution in [0.3, 0.4) is 0 Å². The van der Waals surface area contributed by atoms with Gasteiger partial charge in [0.05, 0.1) is 12.7 Å². The third-order valence-electron chi connectivity index (χ3n) is 4.67. The van der Waals surface area contributed by atoms with Gasteiger partial charge in [-0.05, 0) is 43.4 Å². The zero-order chi connectivity index (χ0) is 12.7. The molecule has 3 nitrogen and oxygen atoms in total. The van der Waals surface area contributed by atoms with Crippen LogP contribution in [0.4, 0.5) is 0 Å². The summed E-state index contributed by atoms with van der Waals surface area (Å²) in [6.45, 7) is 6.06. The summed E-state index contributed by atoms with van der Waals surface area (Å²) in [4.78, 5) is 11.2. The molecule has 3 saturated carbocycles. The van der Waals surface area contributed by atoms with Gasteiger partial charge in [-0.2, -0.15) is 0 Å². The average Bonchev–Trinajstić information content (AvgIpc) is 2.92. The highest BCUT2D eigenvalue weighted by molar-refractivity contribution is 5.86. The molecular formula is C15H20O3. The van der Waals surface area contributed by atoms with Crippen molar-refractivity contribution in [3.63, 3.8) is 0 Å². The first-order chi connectivity index (χ1) is 8.68. The SMILES string of the molecule is C=C(C)C(=O)OCCOC1C2CC1C1CC=CC12. The van der Waals surface area contributed by atoms with E-state index in [2.05, 4.69) is 18.7 Å². The monoisotopic (exact) mass is 248 g/mol. The van der Waals surface area contributed by atoms with Gasteiger partial charge in [-0.25, -0.2) is 4.79 Å². The van der Waals surface area contributed by atoms with E-state index in [4.69, 9.17) is 9.47 Å². The lowest BCUT2D eigenvalue weighted by Gasteiger charge is -2.37. The van der Waals surface area contributed by atoms with Gasteiger partial charge in [-0.15, -0.1) is 0 Å². The molecule has 18 heavy (non-hydrogen) atoms. The number of hydrogen-bond donors (Lipinski definition) is 0. The number of carbonyl (C=O) groups excluding carboxylic acids is 1. The van der Waals surface area contributed by atoms with Crippen LogP contribution in [0.1, 0.15) is 19.8 Å². The third-order valence-corrected chi connectivity index (χ3v) is 4.67. The summed E-state index contributed by atoms with van der Waals surface area (Å²) in [5, 5.41) is 0. The number of allylic oxidation sites excluding steroid dienone is 2. The second-order valence-corrected chi connectivity index (χ2v) is 5.72. The summed E-state index contributed by atoms with van der Waals surface area (Å²) in [5.74, 6) is 2.73. The highest BCUT2D eigenvalue weighted by Crippen LogP contribution is 2.61. The number of carbonyl (C=O) groups is 1. The fraction of sp³-hybridized carbons (Fsp3) is 0.667. The molecule has 0 radical (unpaired) electrons. The molecule has 0 saturated heterocycles. The zero-order valence-corrected chi connectivity index (χ0v) is 10.8. The minimum atomic E-state index is -0.324. The maximum Gasteiger partial charge on any atom is 0.333 e. The predicted molar refractivity (Wildman–Crippen MR) is 67.8 cm³/mol. The fourth-order valence-corrected chi connectivity index (χ4v) is 3.80. The van der Waals surface area contributed by atoms with Crippen LogP contribution in [0.2, 0.25) is 0 Å². The Balaban J connectivity index is 1.40. The van der Waals surface area contributed by atoms with E-state index in [1.807, 2.05) is 0 Å². The van der Waals surface area contributed by atoms with Crippen molar-refractivity contribution in [1.29, 1.82) is 0 Å². The van der Waals surface area contributed by atoms with Crippen LogP contribution >= 0.6 is 0 Å². The summed E-state index contributed by atoms with van der Waals surface area (Å²) >= 11 is 0. The van der Waals surface area contributed by atoms with Crippen LogP contribution in [0.15, 0.2) is 24.3 Å². The highest BCUT2D eigenvalue weighted by Gasteiger charge is 2.59. The molecule has 0 aromatic carbocycles. The quantitative estimate of drug-likeness (QED) is 0.324. The molecule has 0 N–H and O–H groups in total. The molecule has 4 aliphatic rings. The van der Waals surface area contributed by atoms with Gasteiger partial charge in [0.25, 0.3) is 0 Å². The van der Waals surface area contributed by atoms with Crippen molar-refractivity contribution in [2.75, 3.05) is 13.2 Å². The van der Waals surface area contributed by atoms with E-state index < -0.39 is 0 Å². The van der Waals surface area contributed by atoms with Gasteiger partial charge in [-0.1, -0.05) is 18.7 Å². The molecule has 0 aliphatic heterocycles. The molecule has 0 aromatic heterocycles. The summed E-state index contributed by atoms with van der Waals surface area (Å²) in [6.07, 6.45) is 7.67. The van der Waals surface area contributed by atoms with Gasteiger partial charge in [0.15, 0.2) is 0 Å². The molecule has 2 bridgehead atoms. The fourth-order valence-electron chi connectivity index (χ4n) is 3.80. The summed E-state index contributed by atoms with van der Waals surface area (Å²) in [7, 11) is 0. The lowest BCUT2D eigenvalue weighted by atomic mass is 9.77. The molecular weight excluding hydrogens is 228 g/mol. The first-order valence-electron chi connectivity index (χ1n) is 6.79. The van der Waals surface area contributed by atoms with E-state index in [0.29, 0.717) is 24.9 Å². The van der Waals surface area contributed by atoms with E-state index in [9.17, 15) is 4.79 Å². The first-order valence-corrected chi connectivity index (χ1v) is 6.79. The molecule has 0 amide bonds. The lowest BCUT2D eigenvalue weighted by molar-refractivity contribution is -0.143. The van der Waals surface area contributed by atoms with Crippen LogP contribution in [-0.2, 0) is 14.3 Å². The molecule has 98 valence electrons. The van der Waals surface area contributed by atoms with Crippen LogP contribution in [0.5, 0.6) is 0 Å². The first kappa shape index (κ1) is 12.0. The van der Waals surface area contributed by atoms with Crippen molar-refractivity contribution in [3.8, 4) is 0 Å². The van der Waals surface area contributed by atoms with Gasteiger partial charge < -0.3 is 9.47 Å². The van der Waals surface area contributed by atoms with Crippen molar-refractivity contribution in [2.45, 2.75) is 25.9 Å². The van der Waals surface area contributed by atoms with E-state index in [1.165, 1.54) is 12.8 Å². The Hall–Kier alpha value is -1.09. The number of esters is 1. The predicted octanol–water partition coefficient (Wildman–Crippen LogP) is 2.33. The molecule has 0 aromatic rings. The van der Waals surface area contributed by atoms with Crippen molar-refractivity contribution >= 4 is 5.97 Å². The van der Waals surface area contributed by atoms with E-state index in [0.717, 1.165) is 23.7 Å². The largest absolute Gasteiger partial charge is 0.460 e.